The molecule has 2 fully saturated rings. The van der Waals surface area contributed by atoms with Crippen molar-refractivity contribution >= 4 is 41.3 Å². The Bertz CT molecular complexity index is 1450. The minimum atomic E-state index is -1.93. The highest BCUT2D eigenvalue weighted by Crippen LogP contribution is 2.35. The average molecular weight is 722 g/mol. The van der Waals surface area contributed by atoms with Crippen molar-refractivity contribution in [2.24, 2.45) is 16.7 Å². The van der Waals surface area contributed by atoms with E-state index in [1.165, 1.54) is 23.1 Å². The molecule has 0 bridgehead atoms. The summed E-state index contributed by atoms with van der Waals surface area (Å²) in [6.45, 7) is 11.0. The van der Waals surface area contributed by atoms with Crippen molar-refractivity contribution in [1.29, 1.82) is 0 Å². The number of unbranched alkanes of at least 4 members (excludes halogenated alkanes) is 2. The fourth-order valence-corrected chi connectivity index (χ4v) is 5.45. The van der Waals surface area contributed by atoms with Gasteiger partial charge in [0.1, 0.15) is 30.7 Å². The standard InChI is InChI=1S/C35H51N3O13/c1-34(2,3)20-17-25(41)38(30(20)45)15-9-7-8-10-23(39)36-14-13-24(40)37-21-16-19(18-49-33(48)35(4,5)6)11-12-22(21)50-32-28(44)26(42)27(43)29(51-32)31(46)47/h11-12,16,20,26-29,32,42-44H,7-10,13-15,17-18H2,1-6H3,(H,36,39)(H,37,40)(H,46,47)/t20?,26-,27-,28+,29-,32+/m0/s1. The van der Waals surface area contributed by atoms with Crippen molar-refractivity contribution in [3.05, 3.63) is 23.8 Å². The first-order valence-electron chi connectivity index (χ1n) is 17.0. The van der Waals surface area contributed by atoms with Crippen LogP contribution in [-0.2, 0) is 44.8 Å². The van der Waals surface area contributed by atoms with Crippen LogP contribution in [0.1, 0.15) is 85.6 Å². The highest BCUT2D eigenvalue weighted by molar-refractivity contribution is 6.03. The van der Waals surface area contributed by atoms with Crippen LogP contribution >= 0.6 is 0 Å². The molecular formula is C35H51N3O13. The number of aliphatic hydroxyl groups excluding tert-OH is 3. The van der Waals surface area contributed by atoms with Crippen LogP contribution in [0.2, 0.25) is 0 Å². The first-order valence-corrected chi connectivity index (χ1v) is 17.0. The number of ether oxygens (including phenoxy) is 3. The van der Waals surface area contributed by atoms with Gasteiger partial charge in [-0.05, 0) is 56.7 Å². The van der Waals surface area contributed by atoms with Crippen molar-refractivity contribution in [2.75, 3.05) is 18.4 Å². The molecule has 2 aliphatic heterocycles. The van der Waals surface area contributed by atoms with Crippen LogP contribution in [-0.4, -0.2) is 105 Å². The Morgan fingerprint density at radius 2 is 1.61 bits per heavy atom. The van der Waals surface area contributed by atoms with Gasteiger partial charge < -0.3 is 45.3 Å². The van der Waals surface area contributed by atoms with E-state index < -0.39 is 54.0 Å². The van der Waals surface area contributed by atoms with E-state index in [2.05, 4.69) is 10.6 Å². The van der Waals surface area contributed by atoms with Gasteiger partial charge in [-0.2, -0.15) is 0 Å². The Balaban J connectivity index is 1.54. The van der Waals surface area contributed by atoms with Crippen LogP contribution in [0.15, 0.2) is 18.2 Å². The predicted molar refractivity (Wildman–Crippen MR) is 180 cm³/mol. The van der Waals surface area contributed by atoms with E-state index in [4.69, 9.17) is 14.2 Å². The monoisotopic (exact) mass is 721 g/mol. The molecule has 0 aliphatic carbocycles. The zero-order valence-corrected chi connectivity index (χ0v) is 30.0. The quantitative estimate of drug-likeness (QED) is 0.0856. The van der Waals surface area contributed by atoms with Crippen LogP contribution < -0.4 is 15.4 Å². The van der Waals surface area contributed by atoms with Crippen molar-refractivity contribution in [1.82, 2.24) is 10.2 Å². The smallest absolute Gasteiger partial charge is 0.335 e. The molecule has 3 rings (SSSR count). The summed E-state index contributed by atoms with van der Waals surface area (Å²) in [5, 5.41) is 45.2. The zero-order valence-electron chi connectivity index (χ0n) is 30.0. The molecule has 1 aromatic rings. The number of esters is 1. The number of rotatable bonds is 15. The van der Waals surface area contributed by atoms with E-state index in [0.29, 0.717) is 31.4 Å². The number of aliphatic hydroxyl groups is 3. The Labute approximate surface area is 296 Å². The molecule has 16 nitrogen and oxygen atoms in total. The molecule has 0 radical (unpaired) electrons. The topological polar surface area (TPSA) is 238 Å². The number of imide groups is 1. The highest BCUT2D eigenvalue weighted by Gasteiger charge is 2.48. The van der Waals surface area contributed by atoms with E-state index in [9.17, 15) is 49.2 Å². The molecule has 51 heavy (non-hydrogen) atoms. The third-order valence-electron chi connectivity index (χ3n) is 8.61. The number of anilines is 1. The number of amides is 4. The van der Waals surface area contributed by atoms with Gasteiger partial charge >= 0.3 is 11.9 Å². The molecule has 4 amide bonds. The van der Waals surface area contributed by atoms with Crippen LogP contribution in [0.25, 0.3) is 0 Å². The Kier molecular flexibility index (Phi) is 14.1. The van der Waals surface area contributed by atoms with E-state index in [-0.39, 0.29) is 72.9 Å². The first-order chi connectivity index (χ1) is 23.7. The second-order valence-electron chi connectivity index (χ2n) is 15.0. The van der Waals surface area contributed by atoms with Crippen LogP contribution in [0.4, 0.5) is 5.69 Å². The summed E-state index contributed by atoms with van der Waals surface area (Å²) in [6, 6.07) is 4.29. The maximum Gasteiger partial charge on any atom is 0.335 e. The molecule has 2 saturated heterocycles. The summed E-state index contributed by atoms with van der Waals surface area (Å²) in [5.41, 5.74) is -0.589. The van der Waals surface area contributed by atoms with Crippen molar-refractivity contribution in [3.63, 3.8) is 0 Å². The van der Waals surface area contributed by atoms with Gasteiger partial charge in [-0.1, -0.05) is 33.3 Å². The van der Waals surface area contributed by atoms with E-state index in [0.717, 1.165) is 0 Å². The molecule has 6 N–H and O–H groups in total. The Hall–Kier alpha value is -4.12. The third kappa shape index (κ3) is 11.4. The summed E-state index contributed by atoms with van der Waals surface area (Å²) in [6.07, 6.45) is -7.40. The van der Waals surface area contributed by atoms with Gasteiger partial charge in [0, 0.05) is 32.4 Å². The van der Waals surface area contributed by atoms with Crippen LogP contribution in [0, 0.1) is 16.7 Å². The van der Waals surface area contributed by atoms with Crippen molar-refractivity contribution in [2.45, 2.75) is 117 Å². The maximum atomic E-state index is 12.9. The number of carboxylic acids is 1. The lowest BCUT2D eigenvalue weighted by Crippen LogP contribution is -2.61. The number of nitrogens with zero attached hydrogens (tertiary/aromatic N) is 1. The third-order valence-corrected chi connectivity index (χ3v) is 8.61. The number of likely N-dealkylation sites (tertiary alicyclic amines) is 1. The number of hydrogen-bond acceptors (Lipinski definition) is 12. The summed E-state index contributed by atoms with van der Waals surface area (Å²) < 4.78 is 16.2. The van der Waals surface area contributed by atoms with E-state index in [1.54, 1.807) is 20.8 Å². The normalized spacial score (nSPS) is 23.9. The molecule has 2 aliphatic rings. The Morgan fingerprint density at radius 1 is 0.922 bits per heavy atom. The molecule has 284 valence electrons. The molecule has 6 atom stereocenters. The molecular weight excluding hydrogens is 670 g/mol. The van der Waals surface area contributed by atoms with E-state index >= 15 is 0 Å². The Morgan fingerprint density at radius 3 is 2.22 bits per heavy atom. The number of carbonyl (C=O) groups is 6. The van der Waals surface area contributed by atoms with Crippen molar-refractivity contribution < 1.29 is 63.4 Å². The van der Waals surface area contributed by atoms with Gasteiger partial charge in [-0.3, -0.25) is 28.9 Å². The summed E-state index contributed by atoms with van der Waals surface area (Å²) in [5.74, 6) is -3.66. The minimum Gasteiger partial charge on any atom is -0.479 e. The lowest BCUT2D eigenvalue weighted by molar-refractivity contribution is -0.271. The largest absolute Gasteiger partial charge is 0.479 e. The van der Waals surface area contributed by atoms with Crippen molar-refractivity contribution in [3.8, 4) is 5.75 Å². The molecule has 0 spiro atoms. The molecule has 1 unspecified atom stereocenters. The van der Waals surface area contributed by atoms with Gasteiger partial charge in [0.25, 0.3) is 0 Å². The van der Waals surface area contributed by atoms with Crippen LogP contribution in [0.3, 0.4) is 0 Å². The highest BCUT2D eigenvalue weighted by atomic mass is 16.7. The number of nitrogens with one attached hydrogen (secondary N) is 2. The second kappa shape index (κ2) is 17.4. The van der Waals surface area contributed by atoms with E-state index in [1.807, 2.05) is 20.8 Å². The molecule has 0 saturated carbocycles. The molecule has 1 aromatic carbocycles. The van der Waals surface area contributed by atoms with Gasteiger partial charge in [0.15, 0.2) is 6.10 Å². The van der Waals surface area contributed by atoms with Gasteiger partial charge in [-0.15, -0.1) is 0 Å². The number of hydrogen-bond donors (Lipinski definition) is 6. The minimum absolute atomic E-state index is 0.0104. The number of carboxylic acid groups (broad SMARTS) is 1. The average Bonchev–Trinajstić information content (AvgIpc) is 3.33. The zero-order chi connectivity index (χ0) is 38.3. The fourth-order valence-electron chi connectivity index (χ4n) is 5.45. The summed E-state index contributed by atoms with van der Waals surface area (Å²) in [4.78, 5) is 75.4. The first kappa shape index (κ1) is 41.3. The summed E-state index contributed by atoms with van der Waals surface area (Å²) in [7, 11) is 0. The lowest BCUT2D eigenvalue weighted by atomic mass is 9.80. The molecule has 16 heteroatoms. The van der Waals surface area contributed by atoms with Gasteiger partial charge in [-0.25, -0.2) is 4.79 Å². The SMILES string of the molecule is CC(C)(C)C(=O)OCc1ccc(O[C@@H]2O[C@H](C(=O)O)[C@@H](O)[C@H](O)[C@H]2O)c(NC(=O)CCNC(=O)CCCCCN2C(=O)CC(C(C)(C)C)C2=O)c1. The number of benzene rings is 1. The summed E-state index contributed by atoms with van der Waals surface area (Å²) >= 11 is 0. The number of aliphatic carboxylic acids is 1. The lowest BCUT2D eigenvalue weighted by Gasteiger charge is -2.38. The molecule has 2 heterocycles. The van der Waals surface area contributed by atoms with Gasteiger partial charge in [0.2, 0.25) is 29.9 Å². The fraction of sp³-hybridized carbons (Fsp3) is 0.657. The predicted octanol–water partition coefficient (Wildman–Crippen LogP) is 1.47. The number of carbonyl (C=O) groups excluding carboxylic acids is 5. The molecule has 0 aromatic heterocycles. The van der Waals surface area contributed by atoms with Gasteiger partial charge in [0.05, 0.1) is 17.0 Å². The second-order valence-corrected chi connectivity index (χ2v) is 15.0. The van der Waals surface area contributed by atoms with Crippen LogP contribution in [0.5, 0.6) is 5.75 Å². The maximum absolute atomic E-state index is 12.9.